The first-order valence-electron chi connectivity index (χ1n) is 5.15. The van der Waals surface area contributed by atoms with Crippen molar-refractivity contribution in [3.63, 3.8) is 0 Å². The van der Waals surface area contributed by atoms with Gasteiger partial charge in [0.15, 0.2) is 5.82 Å². The van der Waals surface area contributed by atoms with Crippen LogP contribution in [0.4, 0.5) is 5.95 Å². The van der Waals surface area contributed by atoms with Gasteiger partial charge in [-0.1, -0.05) is 11.6 Å². The van der Waals surface area contributed by atoms with Crippen LogP contribution in [0.3, 0.4) is 0 Å². The molecule has 17 heavy (non-hydrogen) atoms. The van der Waals surface area contributed by atoms with E-state index < -0.39 is 0 Å². The van der Waals surface area contributed by atoms with Gasteiger partial charge in [-0.05, 0) is 24.3 Å². The zero-order chi connectivity index (χ0) is 12.3. The molecule has 0 fully saturated rings. The Balaban J connectivity index is 1.99. The largest absolute Gasteiger partial charge is 0.486 e. The minimum absolute atomic E-state index is 0.331. The molecule has 1 aromatic carbocycles. The van der Waals surface area contributed by atoms with E-state index in [4.69, 9.17) is 16.3 Å². The first-order valence-corrected chi connectivity index (χ1v) is 5.53. The molecule has 90 valence electrons. The van der Waals surface area contributed by atoms with Crippen LogP contribution in [-0.4, -0.2) is 21.8 Å². The van der Waals surface area contributed by atoms with E-state index in [1.54, 1.807) is 23.9 Å². The van der Waals surface area contributed by atoms with Crippen LogP contribution in [0, 0.1) is 0 Å². The van der Waals surface area contributed by atoms with Crippen LogP contribution < -0.4 is 10.1 Å². The van der Waals surface area contributed by atoms with Crippen LogP contribution in [0.2, 0.25) is 5.02 Å². The van der Waals surface area contributed by atoms with E-state index in [0.717, 1.165) is 5.75 Å². The molecule has 0 spiro atoms. The van der Waals surface area contributed by atoms with Gasteiger partial charge in [-0.2, -0.15) is 10.1 Å². The predicted octanol–water partition coefficient (Wildman–Crippen LogP) is 2.09. The monoisotopic (exact) mass is 252 g/mol. The van der Waals surface area contributed by atoms with Crippen LogP contribution in [0.1, 0.15) is 5.82 Å². The second-order valence-electron chi connectivity index (χ2n) is 3.47. The van der Waals surface area contributed by atoms with Crippen LogP contribution in [-0.2, 0) is 13.7 Å². The lowest BCUT2D eigenvalue weighted by molar-refractivity contribution is 0.295. The number of benzene rings is 1. The van der Waals surface area contributed by atoms with Crippen molar-refractivity contribution in [1.29, 1.82) is 0 Å². The second kappa shape index (κ2) is 5.05. The molecule has 2 rings (SSSR count). The SMILES string of the molecule is CNc1nc(COc2ccc(Cl)cc2)nn1C. The van der Waals surface area contributed by atoms with Gasteiger partial charge in [0.1, 0.15) is 12.4 Å². The van der Waals surface area contributed by atoms with Crippen molar-refractivity contribution in [3.05, 3.63) is 35.1 Å². The average molecular weight is 253 g/mol. The third-order valence-corrected chi connectivity index (χ3v) is 2.46. The first kappa shape index (κ1) is 11.7. The van der Waals surface area contributed by atoms with E-state index in [2.05, 4.69) is 15.4 Å². The maximum atomic E-state index is 5.78. The topological polar surface area (TPSA) is 52.0 Å². The lowest BCUT2D eigenvalue weighted by Crippen LogP contribution is -1.99. The molecular weight excluding hydrogens is 240 g/mol. The van der Waals surface area contributed by atoms with Crippen molar-refractivity contribution in [2.75, 3.05) is 12.4 Å². The van der Waals surface area contributed by atoms with E-state index in [9.17, 15) is 0 Å². The minimum Gasteiger partial charge on any atom is -0.486 e. The van der Waals surface area contributed by atoms with Gasteiger partial charge in [0, 0.05) is 19.1 Å². The molecule has 0 unspecified atom stereocenters. The molecule has 0 aliphatic carbocycles. The van der Waals surface area contributed by atoms with Crippen molar-refractivity contribution in [1.82, 2.24) is 14.8 Å². The molecule has 0 atom stereocenters. The number of ether oxygens (including phenoxy) is 1. The highest BCUT2D eigenvalue weighted by Crippen LogP contribution is 2.16. The molecule has 1 aromatic heterocycles. The Morgan fingerprint density at radius 3 is 2.65 bits per heavy atom. The lowest BCUT2D eigenvalue weighted by atomic mass is 10.3. The third kappa shape index (κ3) is 2.88. The van der Waals surface area contributed by atoms with E-state index >= 15 is 0 Å². The highest BCUT2D eigenvalue weighted by molar-refractivity contribution is 6.30. The summed E-state index contributed by atoms with van der Waals surface area (Å²) in [6.45, 7) is 0.331. The first-order chi connectivity index (χ1) is 8.19. The molecule has 1 N–H and O–H groups in total. The maximum absolute atomic E-state index is 5.78. The molecule has 0 amide bonds. The van der Waals surface area contributed by atoms with Crippen molar-refractivity contribution in [3.8, 4) is 5.75 Å². The van der Waals surface area contributed by atoms with Crippen LogP contribution in [0.25, 0.3) is 0 Å². The Labute approximate surface area is 104 Å². The molecular formula is C11H13ClN4O. The number of aryl methyl sites for hydroxylation is 1. The summed E-state index contributed by atoms with van der Waals surface area (Å²) in [5.41, 5.74) is 0. The number of rotatable bonds is 4. The summed E-state index contributed by atoms with van der Waals surface area (Å²) in [7, 11) is 3.62. The van der Waals surface area contributed by atoms with Gasteiger partial charge in [0.25, 0.3) is 0 Å². The number of nitrogens with one attached hydrogen (secondary N) is 1. The summed E-state index contributed by atoms with van der Waals surface area (Å²) in [5.74, 6) is 2.08. The molecule has 0 aliphatic rings. The molecule has 0 saturated carbocycles. The van der Waals surface area contributed by atoms with E-state index in [0.29, 0.717) is 23.4 Å². The Hall–Kier alpha value is -1.75. The summed E-state index contributed by atoms with van der Waals surface area (Å²) in [6, 6.07) is 7.18. The Kier molecular flexibility index (Phi) is 3.49. The molecule has 2 aromatic rings. The number of anilines is 1. The zero-order valence-corrected chi connectivity index (χ0v) is 10.4. The number of nitrogens with zero attached hydrogens (tertiary/aromatic N) is 3. The Morgan fingerprint density at radius 2 is 2.06 bits per heavy atom. The quantitative estimate of drug-likeness (QED) is 0.905. The van der Waals surface area contributed by atoms with Crippen LogP contribution >= 0.6 is 11.6 Å². The van der Waals surface area contributed by atoms with Gasteiger partial charge >= 0.3 is 0 Å². The third-order valence-electron chi connectivity index (χ3n) is 2.21. The Morgan fingerprint density at radius 1 is 1.35 bits per heavy atom. The number of halogens is 1. The van der Waals surface area contributed by atoms with Gasteiger partial charge in [-0.3, -0.25) is 0 Å². The Bertz CT molecular complexity index is 495. The molecule has 5 nitrogen and oxygen atoms in total. The van der Waals surface area contributed by atoms with Crippen LogP contribution in [0.5, 0.6) is 5.75 Å². The summed E-state index contributed by atoms with van der Waals surface area (Å²) in [4.78, 5) is 4.25. The summed E-state index contributed by atoms with van der Waals surface area (Å²) in [6.07, 6.45) is 0. The maximum Gasteiger partial charge on any atom is 0.220 e. The van der Waals surface area contributed by atoms with E-state index in [1.807, 2.05) is 19.2 Å². The van der Waals surface area contributed by atoms with Gasteiger partial charge < -0.3 is 10.1 Å². The van der Waals surface area contributed by atoms with Gasteiger partial charge in [0.2, 0.25) is 5.95 Å². The van der Waals surface area contributed by atoms with Gasteiger partial charge in [-0.15, -0.1) is 0 Å². The highest BCUT2D eigenvalue weighted by Gasteiger charge is 2.05. The fraction of sp³-hybridized carbons (Fsp3) is 0.273. The molecule has 1 heterocycles. The van der Waals surface area contributed by atoms with E-state index in [1.165, 1.54) is 0 Å². The predicted molar refractivity (Wildman–Crippen MR) is 66.3 cm³/mol. The summed E-state index contributed by atoms with van der Waals surface area (Å²) < 4.78 is 7.20. The zero-order valence-electron chi connectivity index (χ0n) is 9.64. The van der Waals surface area contributed by atoms with Crippen molar-refractivity contribution < 1.29 is 4.74 Å². The van der Waals surface area contributed by atoms with Gasteiger partial charge in [0.05, 0.1) is 0 Å². The molecule has 0 aliphatic heterocycles. The molecule has 0 saturated heterocycles. The number of hydrogen-bond donors (Lipinski definition) is 1. The highest BCUT2D eigenvalue weighted by atomic mass is 35.5. The smallest absolute Gasteiger partial charge is 0.220 e. The normalized spacial score (nSPS) is 10.3. The van der Waals surface area contributed by atoms with Crippen molar-refractivity contribution in [2.24, 2.45) is 7.05 Å². The number of hydrogen-bond acceptors (Lipinski definition) is 4. The summed E-state index contributed by atoms with van der Waals surface area (Å²) in [5, 5.41) is 7.83. The average Bonchev–Trinajstić information content (AvgIpc) is 2.69. The molecule has 0 bridgehead atoms. The second-order valence-corrected chi connectivity index (χ2v) is 3.90. The lowest BCUT2D eigenvalue weighted by Gasteiger charge is -2.02. The van der Waals surface area contributed by atoms with Crippen molar-refractivity contribution in [2.45, 2.75) is 6.61 Å². The van der Waals surface area contributed by atoms with E-state index in [-0.39, 0.29) is 0 Å². The standard InChI is InChI=1S/C11H13ClN4O/c1-13-11-14-10(15-16(11)2)7-17-9-5-3-8(12)4-6-9/h3-6H,7H2,1-2H3,(H,13,14,15). The fourth-order valence-corrected chi connectivity index (χ4v) is 1.52. The molecule has 0 radical (unpaired) electrons. The number of aromatic nitrogens is 3. The summed E-state index contributed by atoms with van der Waals surface area (Å²) >= 11 is 5.78. The molecule has 6 heteroatoms. The van der Waals surface area contributed by atoms with Gasteiger partial charge in [-0.25, -0.2) is 4.68 Å². The van der Waals surface area contributed by atoms with Crippen molar-refractivity contribution >= 4 is 17.5 Å². The fourth-order valence-electron chi connectivity index (χ4n) is 1.40. The minimum atomic E-state index is 0.331. The van der Waals surface area contributed by atoms with Crippen LogP contribution in [0.15, 0.2) is 24.3 Å².